The van der Waals surface area contributed by atoms with Gasteiger partial charge >= 0.3 is 0 Å². The molecule has 16 heavy (non-hydrogen) atoms. The molecule has 0 radical (unpaired) electrons. The summed E-state index contributed by atoms with van der Waals surface area (Å²) in [5.74, 6) is -1.24. The molecule has 0 saturated heterocycles. The Morgan fingerprint density at radius 1 is 1.00 bits per heavy atom. The van der Waals surface area contributed by atoms with Crippen LogP contribution >= 0.6 is 0 Å². The third kappa shape index (κ3) is 2.53. The Morgan fingerprint density at radius 2 is 1.62 bits per heavy atom. The van der Waals surface area contributed by atoms with Crippen LogP contribution in [0.1, 0.15) is 7.43 Å². The Hall–Kier alpha value is -1.97. The fourth-order valence-electron chi connectivity index (χ4n) is 1.28. The second-order valence-electron chi connectivity index (χ2n) is 3.13. The van der Waals surface area contributed by atoms with Gasteiger partial charge in [0.15, 0.2) is 0 Å². The lowest BCUT2D eigenvalue weighted by molar-refractivity contribution is 0.584. The Kier molecular flexibility index (Phi) is 3.55. The number of nitrogens with two attached hydrogens (primary N) is 1. The topological polar surface area (TPSA) is 38.9 Å². The summed E-state index contributed by atoms with van der Waals surface area (Å²) in [4.78, 5) is 3.97. The summed E-state index contributed by atoms with van der Waals surface area (Å²) in [5.41, 5.74) is 6.85. The Balaban J connectivity index is 0.00000128. The summed E-state index contributed by atoms with van der Waals surface area (Å²) in [7, 11) is 0. The van der Waals surface area contributed by atoms with E-state index in [1.807, 2.05) is 0 Å². The molecule has 0 aliphatic carbocycles. The fourth-order valence-corrected chi connectivity index (χ4v) is 1.28. The van der Waals surface area contributed by atoms with Gasteiger partial charge in [0.05, 0.1) is 17.6 Å². The molecule has 0 atom stereocenters. The standard InChI is InChI=1S/C11H8F2N2.CH4/c12-8-3-7(4-9(13)5-8)11-2-1-10(14)6-15-11;/h1-6H,14H2;1H4. The van der Waals surface area contributed by atoms with Crippen LogP contribution in [0.4, 0.5) is 14.5 Å². The Bertz CT molecular complexity index is 461. The Labute approximate surface area is 92.7 Å². The van der Waals surface area contributed by atoms with Crippen LogP contribution in [0.3, 0.4) is 0 Å². The van der Waals surface area contributed by atoms with Crippen molar-refractivity contribution in [1.29, 1.82) is 0 Å². The predicted octanol–water partition coefficient (Wildman–Crippen LogP) is 3.25. The monoisotopic (exact) mass is 222 g/mol. The molecular weight excluding hydrogens is 210 g/mol. The molecule has 0 spiro atoms. The molecule has 1 heterocycles. The number of nitrogens with zero attached hydrogens (tertiary/aromatic N) is 1. The summed E-state index contributed by atoms with van der Waals surface area (Å²) in [5, 5.41) is 0. The molecule has 84 valence electrons. The zero-order valence-electron chi connectivity index (χ0n) is 7.74. The van der Waals surface area contributed by atoms with Gasteiger partial charge in [-0.25, -0.2) is 8.78 Å². The molecule has 0 fully saturated rings. The van der Waals surface area contributed by atoms with E-state index in [-0.39, 0.29) is 7.43 Å². The highest BCUT2D eigenvalue weighted by Crippen LogP contribution is 2.19. The van der Waals surface area contributed by atoms with Crippen LogP contribution in [0.25, 0.3) is 11.3 Å². The van der Waals surface area contributed by atoms with Gasteiger partial charge < -0.3 is 5.73 Å². The van der Waals surface area contributed by atoms with E-state index in [0.717, 1.165) is 6.07 Å². The average molecular weight is 222 g/mol. The van der Waals surface area contributed by atoms with Gasteiger partial charge in [-0.15, -0.1) is 0 Å². The van der Waals surface area contributed by atoms with Crippen molar-refractivity contribution in [2.75, 3.05) is 5.73 Å². The SMILES string of the molecule is C.Nc1ccc(-c2cc(F)cc(F)c2)nc1. The molecule has 2 aromatic rings. The van der Waals surface area contributed by atoms with Crippen LogP contribution in [0.5, 0.6) is 0 Å². The first kappa shape index (κ1) is 12.1. The molecule has 2 N–H and O–H groups in total. The second kappa shape index (κ2) is 4.70. The molecule has 0 unspecified atom stereocenters. The number of hydrogen-bond acceptors (Lipinski definition) is 2. The minimum absolute atomic E-state index is 0. The highest BCUT2D eigenvalue weighted by Gasteiger charge is 2.03. The third-order valence-corrected chi connectivity index (χ3v) is 1.94. The number of pyridine rings is 1. The normalized spacial score (nSPS) is 9.62. The summed E-state index contributed by atoms with van der Waals surface area (Å²) in [6, 6.07) is 6.51. The quantitative estimate of drug-likeness (QED) is 0.804. The van der Waals surface area contributed by atoms with E-state index in [9.17, 15) is 8.78 Å². The molecule has 1 aromatic heterocycles. The summed E-state index contributed by atoms with van der Waals surface area (Å²) in [6.45, 7) is 0. The molecule has 2 nitrogen and oxygen atoms in total. The first-order valence-corrected chi connectivity index (χ1v) is 4.33. The third-order valence-electron chi connectivity index (χ3n) is 1.94. The molecule has 0 amide bonds. The van der Waals surface area contributed by atoms with Gasteiger partial charge in [0.2, 0.25) is 0 Å². The molecular formula is C12H12F2N2. The van der Waals surface area contributed by atoms with E-state index < -0.39 is 11.6 Å². The van der Waals surface area contributed by atoms with E-state index in [1.54, 1.807) is 12.1 Å². The van der Waals surface area contributed by atoms with E-state index >= 15 is 0 Å². The number of rotatable bonds is 1. The number of hydrogen-bond donors (Lipinski definition) is 1. The summed E-state index contributed by atoms with van der Waals surface area (Å²) >= 11 is 0. The van der Waals surface area contributed by atoms with Crippen LogP contribution < -0.4 is 5.73 Å². The van der Waals surface area contributed by atoms with Gasteiger partial charge in [0, 0.05) is 11.6 Å². The Morgan fingerprint density at radius 3 is 2.12 bits per heavy atom. The van der Waals surface area contributed by atoms with E-state index in [2.05, 4.69) is 4.98 Å². The lowest BCUT2D eigenvalue weighted by Gasteiger charge is -2.01. The van der Waals surface area contributed by atoms with Gasteiger partial charge in [0.1, 0.15) is 11.6 Å². The van der Waals surface area contributed by atoms with Crippen LogP contribution in [0.15, 0.2) is 36.5 Å². The van der Waals surface area contributed by atoms with E-state index in [0.29, 0.717) is 16.9 Å². The van der Waals surface area contributed by atoms with Gasteiger partial charge in [-0.3, -0.25) is 4.98 Å². The van der Waals surface area contributed by atoms with Crippen LogP contribution in [0.2, 0.25) is 0 Å². The lowest BCUT2D eigenvalue weighted by Crippen LogP contribution is -1.89. The van der Waals surface area contributed by atoms with Crippen molar-refractivity contribution in [3.05, 3.63) is 48.2 Å². The summed E-state index contributed by atoms with van der Waals surface area (Å²) in [6.07, 6.45) is 1.44. The van der Waals surface area contributed by atoms with Crippen molar-refractivity contribution in [2.45, 2.75) is 7.43 Å². The van der Waals surface area contributed by atoms with Gasteiger partial charge in [-0.1, -0.05) is 7.43 Å². The number of benzene rings is 1. The first-order chi connectivity index (χ1) is 7.15. The maximum absolute atomic E-state index is 12.9. The smallest absolute Gasteiger partial charge is 0.126 e. The zero-order valence-corrected chi connectivity index (χ0v) is 7.74. The van der Waals surface area contributed by atoms with Crippen LogP contribution in [0, 0.1) is 11.6 Å². The van der Waals surface area contributed by atoms with Gasteiger partial charge in [-0.2, -0.15) is 0 Å². The largest absolute Gasteiger partial charge is 0.397 e. The van der Waals surface area contributed by atoms with Crippen molar-refractivity contribution in [3.8, 4) is 11.3 Å². The van der Waals surface area contributed by atoms with E-state index in [1.165, 1.54) is 18.3 Å². The highest BCUT2D eigenvalue weighted by molar-refractivity contribution is 5.60. The molecule has 4 heteroatoms. The number of anilines is 1. The van der Waals surface area contributed by atoms with Crippen LogP contribution in [-0.4, -0.2) is 4.98 Å². The van der Waals surface area contributed by atoms with Crippen molar-refractivity contribution >= 4 is 5.69 Å². The maximum Gasteiger partial charge on any atom is 0.126 e. The number of halogens is 2. The molecule has 0 aliphatic rings. The number of aromatic nitrogens is 1. The van der Waals surface area contributed by atoms with Crippen molar-refractivity contribution in [1.82, 2.24) is 4.98 Å². The fraction of sp³-hybridized carbons (Fsp3) is 0.0833. The molecule has 0 saturated carbocycles. The van der Waals surface area contributed by atoms with Gasteiger partial charge in [0.25, 0.3) is 0 Å². The van der Waals surface area contributed by atoms with Crippen molar-refractivity contribution < 1.29 is 8.78 Å². The first-order valence-electron chi connectivity index (χ1n) is 4.33. The van der Waals surface area contributed by atoms with Gasteiger partial charge in [-0.05, 0) is 24.3 Å². The lowest BCUT2D eigenvalue weighted by atomic mass is 10.1. The highest BCUT2D eigenvalue weighted by atomic mass is 19.1. The van der Waals surface area contributed by atoms with Crippen molar-refractivity contribution in [2.24, 2.45) is 0 Å². The minimum Gasteiger partial charge on any atom is -0.397 e. The molecule has 1 aromatic carbocycles. The van der Waals surface area contributed by atoms with Crippen molar-refractivity contribution in [3.63, 3.8) is 0 Å². The number of nitrogen functional groups attached to an aromatic ring is 1. The molecule has 2 rings (SSSR count). The summed E-state index contributed by atoms with van der Waals surface area (Å²) < 4.78 is 25.8. The zero-order chi connectivity index (χ0) is 10.8. The van der Waals surface area contributed by atoms with E-state index in [4.69, 9.17) is 5.73 Å². The second-order valence-corrected chi connectivity index (χ2v) is 3.13. The molecule has 0 bridgehead atoms. The maximum atomic E-state index is 12.9. The minimum atomic E-state index is -0.622. The van der Waals surface area contributed by atoms with Crippen LogP contribution in [-0.2, 0) is 0 Å². The predicted molar refractivity (Wildman–Crippen MR) is 60.7 cm³/mol. The molecule has 0 aliphatic heterocycles. The average Bonchev–Trinajstić information content (AvgIpc) is 2.17.